The van der Waals surface area contributed by atoms with Gasteiger partial charge in [-0.3, -0.25) is 39.1 Å². The third-order valence-corrected chi connectivity index (χ3v) is 13.9. The number of ether oxygens (including phenoxy) is 3. The van der Waals surface area contributed by atoms with Gasteiger partial charge in [0.15, 0.2) is 0 Å². The van der Waals surface area contributed by atoms with Gasteiger partial charge < -0.3 is 29.5 Å². The van der Waals surface area contributed by atoms with Crippen molar-refractivity contribution in [2.75, 3.05) is 41.4 Å². The average Bonchev–Trinajstić information content (AvgIpc) is 3.80. The van der Waals surface area contributed by atoms with Gasteiger partial charge in [-0.25, -0.2) is 4.79 Å². The number of carboxylic acid groups (broad SMARTS) is 1. The molecule has 366 valence electrons. The van der Waals surface area contributed by atoms with Crippen molar-refractivity contribution in [3.63, 3.8) is 0 Å². The van der Waals surface area contributed by atoms with Crippen LogP contribution in [0.5, 0.6) is 0 Å². The van der Waals surface area contributed by atoms with Gasteiger partial charge >= 0.3 is 11.9 Å². The maximum absolute atomic E-state index is 14.5. The van der Waals surface area contributed by atoms with E-state index in [9.17, 15) is 28.8 Å². The number of benzene rings is 2. The lowest BCUT2D eigenvalue weighted by molar-refractivity contribution is -0.152. The lowest BCUT2D eigenvalue weighted by Crippen LogP contribution is -2.60. The molecular formula is C51H77N5O10. The van der Waals surface area contributed by atoms with Crippen LogP contribution in [0, 0.1) is 23.7 Å². The van der Waals surface area contributed by atoms with Gasteiger partial charge in [-0.05, 0) is 75.2 Å². The molecule has 15 nitrogen and oxygen atoms in total. The summed E-state index contributed by atoms with van der Waals surface area (Å²) in [6, 6.07) is 16.8. The number of likely N-dealkylation sites (tertiary alicyclic amines) is 1. The molecule has 4 amide bonds. The van der Waals surface area contributed by atoms with Crippen LogP contribution in [0.15, 0.2) is 60.7 Å². The van der Waals surface area contributed by atoms with Crippen LogP contribution in [0.3, 0.4) is 0 Å². The van der Waals surface area contributed by atoms with Gasteiger partial charge in [0.1, 0.15) is 12.1 Å². The Kier molecular flexibility index (Phi) is 20.3. The van der Waals surface area contributed by atoms with Crippen LogP contribution in [0.2, 0.25) is 0 Å². The minimum Gasteiger partial charge on any atom is -0.481 e. The first-order valence-electron chi connectivity index (χ1n) is 23.7. The van der Waals surface area contributed by atoms with Crippen LogP contribution in [0.1, 0.15) is 110 Å². The van der Waals surface area contributed by atoms with Crippen molar-refractivity contribution >= 4 is 35.6 Å². The molecule has 1 saturated carbocycles. The number of carbonyl (C=O) groups is 6. The molecule has 1 heterocycles. The van der Waals surface area contributed by atoms with Crippen molar-refractivity contribution in [1.29, 1.82) is 0 Å². The lowest BCUT2D eigenvalue weighted by Gasteiger charge is -2.43. The lowest BCUT2D eigenvalue weighted by atomic mass is 9.87. The summed E-state index contributed by atoms with van der Waals surface area (Å²) in [4.78, 5) is 87.3. The number of aliphatic carboxylic acids is 1. The van der Waals surface area contributed by atoms with Crippen molar-refractivity contribution in [1.82, 2.24) is 25.3 Å². The number of nitrogens with one attached hydrogen (secondary N) is 2. The highest BCUT2D eigenvalue weighted by Crippen LogP contribution is 2.52. The second-order valence-electron chi connectivity index (χ2n) is 19.2. The molecule has 3 N–H and O–H groups in total. The van der Waals surface area contributed by atoms with E-state index in [0.29, 0.717) is 38.8 Å². The average molecular weight is 920 g/mol. The smallest absolute Gasteiger partial charge is 0.332 e. The second kappa shape index (κ2) is 24.9. The van der Waals surface area contributed by atoms with Crippen LogP contribution < -0.4 is 10.6 Å². The van der Waals surface area contributed by atoms with Crippen molar-refractivity contribution in [3.05, 3.63) is 71.8 Å². The Hall–Kier alpha value is -4.70. The predicted molar refractivity (Wildman–Crippen MR) is 252 cm³/mol. The van der Waals surface area contributed by atoms with Crippen molar-refractivity contribution in [2.45, 2.75) is 148 Å². The number of likely N-dealkylation sites (N-methyl/N-ethyl adjacent to an activating group) is 2. The highest BCUT2D eigenvalue weighted by Gasteiger charge is 2.63. The molecule has 2 aliphatic rings. The van der Waals surface area contributed by atoms with E-state index < -0.39 is 71.6 Å². The van der Waals surface area contributed by atoms with Gasteiger partial charge in [0.2, 0.25) is 23.6 Å². The first kappa shape index (κ1) is 53.9. The number of hydrogen-bond donors (Lipinski definition) is 3. The van der Waals surface area contributed by atoms with Crippen molar-refractivity contribution in [3.8, 4) is 0 Å². The summed E-state index contributed by atoms with van der Waals surface area (Å²) >= 11 is 0. The molecule has 66 heavy (non-hydrogen) atoms. The highest BCUT2D eigenvalue weighted by atomic mass is 16.5. The fourth-order valence-electron chi connectivity index (χ4n) is 10.2. The molecular weight excluding hydrogens is 843 g/mol. The molecule has 1 aliphatic carbocycles. The molecule has 1 saturated heterocycles. The zero-order valence-corrected chi connectivity index (χ0v) is 41.2. The minimum atomic E-state index is -1.25. The number of methoxy groups -OCH3 is 2. The maximum Gasteiger partial charge on any atom is 0.332 e. The van der Waals surface area contributed by atoms with Crippen LogP contribution in [0.4, 0.5) is 0 Å². The van der Waals surface area contributed by atoms with E-state index >= 15 is 0 Å². The number of hydrogen-bond acceptors (Lipinski definition) is 11. The topological polar surface area (TPSA) is 184 Å². The van der Waals surface area contributed by atoms with E-state index in [4.69, 9.17) is 19.3 Å². The SMILES string of the molecule is CC[C@H](C)[C@@H]([C@@H](CC(=O)N1CCC[C@H]1[C@H](OC)[C@@H](C)C(=O)N[C@@]1(C(=O)OCc2ccccc2)C[C@@H]1c1ccccc1)OC)N(C)[C@H](C(=O)NC(=O)[C@H](C(C)C)N(C)CCCC(=O)O)C(C)C. The van der Waals surface area contributed by atoms with Crippen LogP contribution >= 0.6 is 0 Å². The zero-order chi connectivity index (χ0) is 48.9. The molecule has 4 rings (SSSR count). The molecule has 0 spiro atoms. The first-order chi connectivity index (χ1) is 31.3. The van der Waals surface area contributed by atoms with Gasteiger partial charge in [-0.2, -0.15) is 0 Å². The molecule has 1 aliphatic heterocycles. The second-order valence-corrected chi connectivity index (χ2v) is 19.2. The maximum atomic E-state index is 14.5. The monoisotopic (exact) mass is 920 g/mol. The van der Waals surface area contributed by atoms with Gasteiger partial charge in [-0.15, -0.1) is 0 Å². The van der Waals surface area contributed by atoms with Crippen LogP contribution in [0.25, 0.3) is 0 Å². The summed E-state index contributed by atoms with van der Waals surface area (Å²) in [5.74, 6) is -4.28. The molecule has 0 radical (unpaired) electrons. The molecule has 0 unspecified atom stereocenters. The van der Waals surface area contributed by atoms with E-state index in [2.05, 4.69) is 17.6 Å². The Bertz CT molecular complexity index is 1920. The Morgan fingerprint density at radius 1 is 0.848 bits per heavy atom. The van der Waals surface area contributed by atoms with Gasteiger partial charge in [0, 0.05) is 39.1 Å². The van der Waals surface area contributed by atoms with Crippen LogP contribution in [-0.4, -0.2) is 139 Å². The van der Waals surface area contributed by atoms with Crippen LogP contribution in [-0.2, 0) is 49.6 Å². The summed E-state index contributed by atoms with van der Waals surface area (Å²) < 4.78 is 18.0. The number of imide groups is 1. The Morgan fingerprint density at radius 2 is 1.45 bits per heavy atom. The number of nitrogens with zero attached hydrogens (tertiary/aromatic N) is 3. The zero-order valence-electron chi connectivity index (χ0n) is 41.2. The number of carboxylic acids is 1. The summed E-state index contributed by atoms with van der Waals surface area (Å²) in [5, 5.41) is 14.9. The van der Waals surface area contributed by atoms with E-state index in [1.165, 1.54) is 7.11 Å². The fraction of sp³-hybridized carbons (Fsp3) is 0.647. The van der Waals surface area contributed by atoms with E-state index in [1.54, 1.807) is 30.9 Å². The number of rotatable bonds is 26. The Morgan fingerprint density at radius 3 is 2.02 bits per heavy atom. The quantitative estimate of drug-likeness (QED) is 0.0988. The standard InChI is InChI=1S/C51H77N5O10/c1-12-34(6)45(55(9)44(33(4)5)49(62)52-48(61)43(32(2)3)54(8)27-20-26-42(58)59)40(64-10)29-41(57)56-28-19-25-39(56)46(65-11)35(7)47(60)53-51(30-38(51)37-23-17-14-18-24-37)50(63)66-31-36-21-15-13-16-22-36/h13-18,21-24,32-35,38-40,43-46H,12,19-20,25-31H2,1-11H3,(H,53,60)(H,58,59)(H,52,61,62)/t34-,35+,38+,39-,40+,43-,44-,45-,46+,51-/m0/s1. The predicted octanol–water partition coefficient (Wildman–Crippen LogP) is 5.65. The largest absolute Gasteiger partial charge is 0.481 e. The molecule has 10 atom stereocenters. The Balaban J connectivity index is 1.50. The molecule has 0 bridgehead atoms. The molecule has 2 fully saturated rings. The number of esters is 1. The normalized spacial score (nSPS) is 21.5. The van der Waals surface area contributed by atoms with E-state index in [0.717, 1.165) is 17.5 Å². The van der Waals surface area contributed by atoms with E-state index in [-0.39, 0.29) is 54.9 Å². The van der Waals surface area contributed by atoms with Gasteiger partial charge in [-0.1, -0.05) is 116 Å². The molecule has 2 aromatic carbocycles. The fourth-order valence-corrected chi connectivity index (χ4v) is 10.2. The van der Waals surface area contributed by atoms with Crippen molar-refractivity contribution < 1.29 is 48.1 Å². The summed E-state index contributed by atoms with van der Waals surface area (Å²) in [5.41, 5.74) is 0.516. The summed E-state index contributed by atoms with van der Waals surface area (Å²) in [6.45, 7) is 14.4. The highest BCUT2D eigenvalue weighted by molar-refractivity contribution is 6.00. The molecule has 0 aromatic heterocycles. The summed E-state index contributed by atoms with van der Waals surface area (Å²) in [7, 11) is 6.70. The van der Waals surface area contributed by atoms with Gasteiger partial charge in [0.05, 0.1) is 42.7 Å². The molecule has 15 heteroatoms. The number of amides is 4. The van der Waals surface area contributed by atoms with E-state index in [1.807, 2.05) is 107 Å². The van der Waals surface area contributed by atoms with Crippen molar-refractivity contribution in [2.24, 2.45) is 23.7 Å². The number of carbonyl (C=O) groups excluding carboxylic acids is 5. The third-order valence-electron chi connectivity index (χ3n) is 13.9. The van der Waals surface area contributed by atoms with Gasteiger partial charge in [0.25, 0.3) is 0 Å². The summed E-state index contributed by atoms with van der Waals surface area (Å²) in [6.07, 6.45) is 1.45. The Labute approximate surface area is 392 Å². The molecule has 2 aromatic rings. The third kappa shape index (κ3) is 13.5. The first-order valence-corrected chi connectivity index (χ1v) is 23.7. The minimum absolute atomic E-state index is 0.000403.